The van der Waals surface area contributed by atoms with Crippen LogP contribution in [-0.4, -0.2) is 56.4 Å². The molecule has 34 heavy (non-hydrogen) atoms. The number of anilines is 1. The van der Waals surface area contributed by atoms with Gasteiger partial charge in [0.15, 0.2) is 9.84 Å². The highest BCUT2D eigenvalue weighted by molar-refractivity contribution is 7.91. The normalized spacial score (nSPS) is 15.0. The molecular formula is C25H34N4O4S. The topological polar surface area (TPSA) is 108 Å². The lowest BCUT2D eigenvalue weighted by atomic mass is 10.0. The highest BCUT2D eigenvalue weighted by Gasteiger charge is 2.27. The van der Waals surface area contributed by atoms with Crippen molar-refractivity contribution in [3.63, 3.8) is 0 Å². The van der Waals surface area contributed by atoms with Crippen molar-refractivity contribution in [1.29, 1.82) is 0 Å². The lowest BCUT2D eigenvalue weighted by Gasteiger charge is -2.15. The molecule has 3 aromatic rings. The second kappa shape index (κ2) is 9.92. The first-order valence-electron chi connectivity index (χ1n) is 11.9. The number of hydrogen-bond donors (Lipinski definition) is 2. The van der Waals surface area contributed by atoms with Gasteiger partial charge in [-0.2, -0.15) is 0 Å². The van der Waals surface area contributed by atoms with Crippen molar-refractivity contribution in [2.24, 2.45) is 5.92 Å². The summed E-state index contributed by atoms with van der Waals surface area (Å²) in [7, 11) is 0.419. The van der Waals surface area contributed by atoms with Crippen molar-refractivity contribution in [1.82, 2.24) is 15.0 Å². The number of rotatable bonds is 9. The van der Waals surface area contributed by atoms with Crippen molar-refractivity contribution in [3.8, 4) is 11.1 Å². The van der Waals surface area contributed by atoms with Gasteiger partial charge in [-0.1, -0.05) is 18.0 Å². The fourth-order valence-corrected chi connectivity index (χ4v) is 6.85. The number of nitrogens with one attached hydrogen (secondary N) is 2. The second-order valence-electron chi connectivity index (χ2n) is 9.66. The number of hydrogen-bond acceptors (Lipinski definition) is 7. The minimum atomic E-state index is -3.58. The third-order valence-corrected chi connectivity index (χ3v) is 8.53. The van der Waals surface area contributed by atoms with Gasteiger partial charge in [-0.15, -0.1) is 0 Å². The summed E-state index contributed by atoms with van der Waals surface area (Å²) in [6.07, 6.45) is 4.90. The summed E-state index contributed by atoms with van der Waals surface area (Å²) in [5.74, 6) is 0.907. The lowest BCUT2D eigenvalue weighted by Crippen LogP contribution is -2.20. The van der Waals surface area contributed by atoms with Crippen molar-refractivity contribution in [2.75, 3.05) is 38.3 Å². The van der Waals surface area contributed by atoms with Crippen molar-refractivity contribution >= 4 is 26.4 Å². The van der Waals surface area contributed by atoms with E-state index in [2.05, 4.69) is 20.4 Å². The highest BCUT2D eigenvalue weighted by Crippen LogP contribution is 2.35. The molecule has 0 amide bonds. The molecule has 4 rings (SSSR count). The van der Waals surface area contributed by atoms with Gasteiger partial charge in [0.2, 0.25) is 0 Å². The van der Waals surface area contributed by atoms with Gasteiger partial charge in [-0.05, 0) is 83.4 Å². The molecule has 1 saturated carbocycles. The van der Waals surface area contributed by atoms with Crippen LogP contribution in [0.25, 0.3) is 22.0 Å². The fraction of sp³-hybridized carbons (Fsp3) is 0.520. The zero-order valence-electron chi connectivity index (χ0n) is 20.4. The van der Waals surface area contributed by atoms with E-state index in [0.717, 1.165) is 44.2 Å². The highest BCUT2D eigenvalue weighted by atomic mass is 32.2. The van der Waals surface area contributed by atoms with E-state index in [4.69, 9.17) is 4.52 Å². The van der Waals surface area contributed by atoms with E-state index in [1.807, 2.05) is 27.1 Å². The molecule has 1 aromatic carbocycles. The predicted molar refractivity (Wildman–Crippen MR) is 135 cm³/mol. The first-order valence-corrected chi connectivity index (χ1v) is 13.6. The van der Waals surface area contributed by atoms with Crippen LogP contribution in [-0.2, 0) is 9.84 Å². The van der Waals surface area contributed by atoms with Crippen LogP contribution in [0.4, 0.5) is 5.69 Å². The summed E-state index contributed by atoms with van der Waals surface area (Å²) < 4.78 is 32.7. The first kappa shape index (κ1) is 24.5. The number of benzene rings is 1. The lowest BCUT2D eigenvalue weighted by molar-refractivity contribution is 0.393. The molecule has 0 saturated heterocycles. The quantitative estimate of drug-likeness (QED) is 0.438. The zero-order chi connectivity index (χ0) is 24.5. The Kier molecular flexibility index (Phi) is 7.14. The number of aryl methyl sites for hydroxylation is 2. The number of pyridine rings is 1. The SMILES string of the molecule is Cc1noc(C)c1-c1cc(S(=O)(=O)CC2CCCC2)c2cc(NCCCN(C)C)c(=O)[nH]c2c1. The van der Waals surface area contributed by atoms with Crippen LogP contribution in [0, 0.1) is 19.8 Å². The Balaban J connectivity index is 1.82. The number of aromatic nitrogens is 2. The van der Waals surface area contributed by atoms with Gasteiger partial charge >= 0.3 is 0 Å². The van der Waals surface area contributed by atoms with E-state index in [1.165, 1.54) is 0 Å². The Labute approximate surface area is 200 Å². The molecule has 0 unspecified atom stereocenters. The summed E-state index contributed by atoms with van der Waals surface area (Å²) >= 11 is 0. The standard InChI is InChI=1S/C25H34N4O4S/c1-16-24(17(2)33-28-16)19-12-21-20(14-22(25(30)27-21)26-10-7-11-29(3)4)23(13-19)34(31,32)15-18-8-5-6-9-18/h12-14,18,26H,5-11,15H2,1-4H3,(H,27,30). The molecule has 0 bridgehead atoms. The Morgan fingerprint density at radius 3 is 2.56 bits per heavy atom. The smallest absolute Gasteiger partial charge is 0.271 e. The molecule has 0 radical (unpaired) electrons. The van der Waals surface area contributed by atoms with Gasteiger partial charge in [0.25, 0.3) is 5.56 Å². The number of H-pyrrole nitrogens is 1. The van der Waals surface area contributed by atoms with Crippen LogP contribution in [0.3, 0.4) is 0 Å². The summed E-state index contributed by atoms with van der Waals surface area (Å²) in [5, 5.41) is 7.74. The molecule has 1 aliphatic rings. The Bertz CT molecular complexity index is 1320. The third-order valence-electron chi connectivity index (χ3n) is 6.61. The van der Waals surface area contributed by atoms with Crippen LogP contribution >= 0.6 is 0 Å². The molecule has 2 aromatic heterocycles. The van der Waals surface area contributed by atoms with Crippen LogP contribution in [0.5, 0.6) is 0 Å². The minimum Gasteiger partial charge on any atom is -0.381 e. The van der Waals surface area contributed by atoms with Gasteiger partial charge < -0.3 is 19.7 Å². The first-order chi connectivity index (χ1) is 16.2. The average Bonchev–Trinajstić information content (AvgIpc) is 3.39. The molecule has 9 heteroatoms. The number of sulfone groups is 1. The molecule has 2 N–H and O–H groups in total. The van der Waals surface area contributed by atoms with E-state index in [0.29, 0.717) is 40.2 Å². The van der Waals surface area contributed by atoms with E-state index < -0.39 is 9.84 Å². The summed E-state index contributed by atoms with van der Waals surface area (Å²) in [5.41, 5.74) is 2.71. The van der Waals surface area contributed by atoms with Gasteiger partial charge in [-0.25, -0.2) is 8.42 Å². The maximum atomic E-state index is 13.7. The fourth-order valence-electron chi connectivity index (χ4n) is 4.90. The number of aromatic amines is 1. The monoisotopic (exact) mass is 486 g/mol. The zero-order valence-corrected chi connectivity index (χ0v) is 21.2. The Hall–Kier alpha value is -2.65. The summed E-state index contributed by atoms with van der Waals surface area (Å²) in [6, 6.07) is 5.21. The molecular weight excluding hydrogens is 452 g/mol. The van der Waals surface area contributed by atoms with E-state index >= 15 is 0 Å². The van der Waals surface area contributed by atoms with Crippen molar-refractivity contribution in [3.05, 3.63) is 40.0 Å². The van der Waals surface area contributed by atoms with Crippen LogP contribution in [0.15, 0.2) is 32.4 Å². The van der Waals surface area contributed by atoms with Gasteiger partial charge in [0.05, 0.1) is 21.9 Å². The molecule has 0 aliphatic heterocycles. The summed E-state index contributed by atoms with van der Waals surface area (Å²) in [6.45, 7) is 5.14. The van der Waals surface area contributed by atoms with E-state index in [-0.39, 0.29) is 22.1 Å². The predicted octanol–water partition coefficient (Wildman–Crippen LogP) is 4.13. The Morgan fingerprint density at radius 1 is 1.18 bits per heavy atom. The van der Waals surface area contributed by atoms with E-state index in [1.54, 1.807) is 19.1 Å². The number of nitrogens with zero attached hydrogens (tertiary/aromatic N) is 2. The second-order valence-corrected chi connectivity index (χ2v) is 11.7. The van der Waals surface area contributed by atoms with Crippen molar-refractivity contribution in [2.45, 2.75) is 50.8 Å². The van der Waals surface area contributed by atoms with Gasteiger partial charge in [-0.3, -0.25) is 4.79 Å². The molecule has 0 atom stereocenters. The molecule has 1 fully saturated rings. The Morgan fingerprint density at radius 2 is 1.91 bits per heavy atom. The average molecular weight is 487 g/mol. The van der Waals surface area contributed by atoms with Crippen LogP contribution in [0.1, 0.15) is 43.6 Å². The van der Waals surface area contributed by atoms with Gasteiger partial charge in [0.1, 0.15) is 11.4 Å². The van der Waals surface area contributed by atoms with Crippen LogP contribution < -0.4 is 10.9 Å². The number of fused-ring (bicyclic) bond motifs is 1. The van der Waals surface area contributed by atoms with E-state index in [9.17, 15) is 13.2 Å². The van der Waals surface area contributed by atoms with Gasteiger partial charge in [0, 0.05) is 17.5 Å². The largest absolute Gasteiger partial charge is 0.381 e. The third kappa shape index (κ3) is 5.20. The molecule has 184 valence electrons. The van der Waals surface area contributed by atoms with Crippen molar-refractivity contribution < 1.29 is 12.9 Å². The maximum Gasteiger partial charge on any atom is 0.271 e. The molecule has 0 spiro atoms. The van der Waals surface area contributed by atoms with Crippen LogP contribution in [0.2, 0.25) is 0 Å². The summed E-state index contributed by atoms with van der Waals surface area (Å²) in [4.78, 5) is 18.1. The molecule has 2 heterocycles. The molecule has 1 aliphatic carbocycles. The minimum absolute atomic E-state index is 0.123. The molecule has 8 nitrogen and oxygen atoms in total. The maximum absolute atomic E-state index is 13.7.